The van der Waals surface area contributed by atoms with E-state index in [0.29, 0.717) is 12.5 Å². The van der Waals surface area contributed by atoms with Crippen LogP contribution in [0.15, 0.2) is 54.9 Å². The molecule has 1 amide bonds. The summed E-state index contributed by atoms with van der Waals surface area (Å²) >= 11 is 0. The Morgan fingerprint density at radius 1 is 1.18 bits per heavy atom. The number of carbonyl (C=O) groups excluding carboxylic acids is 1. The summed E-state index contributed by atoms with van der Waals surface area (Å²) in [6.45, 7) is 10.5. The molecule has 178 valence electrons. The van der Waals surface area contributed by atoms with E-state index in [2.05, 4.69) is 15.3 Å². The van der Waals surface area contributed by atoms with Crippen molar-refractivity contribution >= 4 is 17.5 Å². The van der Waals surface area contributed by atoms with Crippen molar-refractivity contribution in [3.63, 3.8) is 0 Å². The van der Waals surface area contributed by atoms with Gasteiger partial charge in [0.05, 0.1) is 24.4 Å². The Labute approximate surface area is 201 Å². The minimum atomic E-state index is -0.520. The van der Waals surface area contributed by atoms with Crippen molar-refractivity contribution in [2.75, 3.05) is 11.9 Å². The summed E-state index contributed by atoms with van der Waals surface area (Å²) in [5, 5.41) is 13.3. The molecule has 7 nitrogen and oxygen atoms in total. The molecule has 3 heterocycles. The molecule has 1 aliphatic heterocycles. The lowest BCUT2D eigenvalue weighted by Gasteiger charge is -2.36. The van der Waals surface area contributed by atoms with E-state index in [1.54, 1.807) is 6.20 Å². The molecule has 0 aliphatic carbocycles. The first kappa shape index (κ1) is 23.8. The van der Waals surface area contributed by atoms with Crippen molar-refractivity contribution in [3.8, 4) is 0 Å². The normalized spacial score (nSPS) is 17.1. The van der Waals surface area contributed by atoms with Crippen LogP contribution >= 0.6 is 0 Å². The van der Waals surface area contributed by atoms with Crippen LogP contribution in [0.3, 0.4) is 0 Å². The van der Waals surface area contributed by atoms with Crippen molar-refractivity contribution in [1.82, 2.24) is 19.9 Å². The van der Waals surface area contributed by atoms with Gasteiger partial charge < -0.3 is 15.3 Å². The summed E-state index contributed by atoms with van der Waals surface area (Å²) in [5.74, 6) is 0.158. The number of aliphatic hydroxyl groups excluding tert-OH is 1. The third-order valence-electron chi connectivity index (χ3n) is 7.17. The Balaban J connectivity index is 1.53. The maximum Gasteiger partial charge on any atom is 0.227 e. The molecule has 3 unspecified atom stereocenters. The Kier molecular flexibility index (Phi) is 6.66. The van der Waals surface area contributed by atoms with Crippen LogP contribution in [0.4, 0.5) is 11.6 Å². The lowest BCUT2D eigenvalue weighted by atomic mass is 9.79. The molecule has 0 fully saturated rings. The first-order valence-electron chi connectivity index (χ1n) is 11.8. The molecule has 0 radical (unpaired) electrons. The molecule has 2 N–H and O–H groups in total. The van der Waals surface area contributed by atoms with E-state index < -0.39 is 5.54 Å². The van der Waals surface area contributed by atoms with E-state index in [4.69, 9.17) is 4.98 Å². The summed E-state index contributed by atoms with van der Waals surface area (Å²) < 4.78 is 0. The number of pyridine rings is 1. The lowest BCUT2D eigenvalue weighted by Crippen LogP contribution is -2.45. The van der Waals surface area contributed by atoms with E-state index in [1.807, 2.05) is 88.2 Å². The summed E-state index contributed by atoms with van der Waals surface area (Å²) in [4.78, 5) is 29.1. The minimum absolute atomic E-state index is 0.00139. The topological polar surface area (TPSA) is 91.2 Å². The molecule has 7 heteroatoms. The van der Waals surface area contributed by atoms with Gasteiger partial charge in [-0.1, -0.05) is 44.2 Å². The zero-order chi connectivity index (χ0) is 24.5. The second-order valence-electron chi connectivity index (χ2n) is 9.70. The van der Waals surface area contributed by atoms with Gasteiger partial charge in [0, 0.05) is 41.2 Å². The molecular formula is C27H33N5O2. The van der Waals surface area contributed by atoms with Crippen LogP contribution in [0.25, 0.3) is 0 Å². The van der Waals surface area contributed by atoms with Crippen molar-refractivity contribution in [2.24, 2.45) is 11.8 Å². The summed E-state index contributed by atoms with van der Waals surface area (Å²) in [5.41, 5.74) is 4.12. The first-order valence-corrected chi connectivity index (χ1v) is 11.8. The van der Waals surface area contributed by atoms with Gasteiger partial charge in [-0.25, -0.2) is 9.97 Å². The van der Waals surface area contributed by atoms with Crippen LogP contribution in [0.1, 0.15) is 56.1 Å². The smallest absolute Gasteiger partial charge is 0.227 e. The molecule has 0 saturated carbocycles. The minimum Gasteiger partial charge on any atom is -0.396 e. The van der Waals surface area contributed by atoms with Gasteiger partial charge in [-0.2, -0.15) is 0 Å². The molecule has 4 rings (SSSR count). The molecule has 3 atom stereocenters. The van der Waals surface area contributed by atoms with Gasteiger partial charge >= 0.3 is 0 Å². The fraction of sp³-hybridized carbons (Fsp3) is 0.407. The number of aryl methyl sites for hydroxylation is 1. The third kappa shape index (κ3) is 4.53. The number of aromatic nitrogens is 3. The van der Waals surface area contributed by atoms with Gasteiger partial charge in [-0.15, -0.1) is 0 Å². The summed E-state index contributed by atoms with van der Waals surface area (Å²) in [7, 11) is 0. The highest BCUT2D eigenvalue weighted by atomic mass is 16.3. The maximum absolute atomic E-state index is 13.7. The average molecular weight is 460 g/mol. The van der Waals surface area contributed by atoms with E-state index >= 15 is 0 Å². The van der Waals surface area contributed by atoms with Crippen LogP contribution < -0.4 is 5.32 Å². The molecule has 0 bridgehead atoms. The molecule has 1 aromatic carbocycles. The zero-order valence-corrected chi connectivity index (χ0v) is 20.5. The third-order valence-corrected chi connectivity index (χ3v) is 7.17. The van der Waals surface area contributed by atoms with Gasteiger partial charge in [0.15, 0.2) is 0 Å². The van der Waals surface area contributed by atoms with Crippen LogP contribution in [0.2, 0.25) is 0 Å². The average Bonchev–Trinajstić information content (AvgIpc) is 3.09. The predicted octanol–water partition coefficient (Wildman–Crippen LogP) is 4.55. The van der Waals surface area contributed by atoms with Gasteiger partial charge in [0.25, 0.3) is 0 Å². The van der Waals surface area contributed by atoms with Crippen molar-refractivity contribution < 1.29 is 9.90 Å². The van der Waals surface area contributed by atoms with Crippen LogP contribution in [0.5, 0.6) is 0 Å². The Morgan fingerprint density at radius 3 is 2.59 bits per heavy atom. The van der Waals surface area contributed by atoms with Crippen molar-refractivity contribution in [1.29, 1.82) is 0 Å². The first-order chi connectivity index (χ1) is 16.2. The SMILES string of the molecule is Cc1cc(Nc2ncc3c(n2)CN(C(=O)C(C)C(C)C(CO)c2ccccc2)C3(C)C)ccn1. The van der Waals surface area contributed by atoms with Gasteiger partial charge in [0.1, 0.15) is 0 Å². The quantitative estimate of drug-likeness (QED) is 0.539. The number of hydrogen-bond donors (Lipinski definition) is 2. The number of amides is 1. The highest BCUT2D eigenvalue weighted by molar-refractivity contribution is 5.80. The molecule has 0 saturated heterocycles. The van der Waals surface area contributed by atoms with Crippen LogP contribution in [-0.2, 0) is 16.9 Å². The van der Waals surface area contributed by atoms with E-state index in [-0.39, 0.29) is 30.3 Å². The van der Waals surface area contributed by atoms with Crippen LogP contribution in [-0.4, -0.2) is 37.5 Å². The summed E-state index contributed by atoms with van der Waals surface area (Å²) in [6.07, 6.45) is 3.56. The lowest BCUT2D eigenvalue weighted by molar-refractivity contribution is -0.142. The van der Waals surface area contributed by atoms with Crippen molar-refractivity contribution in [2.45, 2.75) is 52.6 Å². The number of nitrogens with one attached hydrogen (secondary N) is 1. The molecule has 0 spiro atoms. The largest absolute Gasteiger partial charge is 0.396 e. The fourth-order valence-corrected chi connectivity index (χ4v) is 4.80. The Hall–Kier alpha value is -3.32. The molecular weight excluding hydrogens is 426 g/mol. The highest BCUT2D eigenvalue weighted by Crippen LogP contribution is 2.41. The Bertz CT molecular complexity index is 1160. The number of fused-ring (bicyclic) bond motifs is 1. The number of rotatable bonds is 7. The van der Waals surface area contributed by atoms with E-state index in [9.17, 15) is 9.90 Å². The second-order valence-corrected chi connectivity index (χ2v) is 9.70. The predicted molar refractivity (Wildman–Crippen MR) is 132 cm³/mol. The molecule has 3 aromatic rings. The van der Waals surface area contributed by atoms with Gasteiger partial charge in [-0.3, -0.25) is 9.78 Å². The van der Waals surface area contributed by atoms with E-state index in [0.717, 1.165) is 28.2 Å². The number of carbonyl (C=O) groups is 1. The fourth-order valence-electron chi connectivity index (χ4n) is 4.80. The molecule has 1 aliphatic rings. The van der Waals surface area contributed by atoms with E-state index in [1.165, 1.54) is 0 Å². The highest BCUT2D eigenvalue weighted by Gasteiger charge is 2.44. The zero-order valence-electron chi connectivity index (χ0n) is 20.5. The number of benzene rings is 1. The molecule has 34 heavy (non-hydrogen) atoms. The van der Waals surface area contributed by atoms with Gasteiger partial charge in [-0.05, 0) is 44.4 Å². The summed E-state index contributed by atoms with van der Waals surface area (Å²) in [6, 6.07) is 13.7. The standard InChI is InChI=1S/C27H33N5O2/c1-17-13-21(11-12-28-17)30-26-29-14-23-24(31-26)15-32(27(23,4)5)25(34)19(3)18(2)22(16-33)20-9-7-6-8-10-20/h6-14,18-19,22,33H,15-16H2,1-5H3,(H,28,29,30,31). The Morgan fingerprint density at radius 2 is 1.91 bits per heavy atom. The molecule has 2 aromatic heterocycles. The van der Waals surface area contributed by atoms with Crippen molar-refractivity contribution in [3.05, 3.63) is 77.4 Å². The van der Waals surface area contributed by atoms with Gasteiger partial charge in [0.2, 0.25) is 11.9 Å². The number of hydrogen-bond acceptors (Lipinski definition) is 6. The number of aliphatic hydroxyl groups is 1. The number of nitrogens with zero attached hydrogens (tertiary/aromatic N) is 4. The number of anilines is 2. The van der Waals surface area contributed by atoms with Crippen LogP contribution in [0, 0.1) is 18.8 Å². The second kappa shape index (κ2) is 9.50. The maximum atomic E-state index is 13.7. The monoisotopic (exact) mass is 459 g/mol.